The van der Waals surface area contributed by atoms with Gasteiger partial charge < -0.3 is 10.2 Å². The number of epoxide rings is 1. The van der Waals surface area contributed by atoms with Crippen LogP contribution in [0.4, 0.5) is 0 Å². The molecule has 2 aliphatic rings. The molecule has 0 amide bonds. The number of nitrogens with zero attached hydrogens (tertiary/aromatic N) is 1. The predicted octanol–water partition coefficient (Wildman–Crippen LogP) is 2.44. The van der Waals surface area contributed by atoms with E-state index in [4.69, 9.17) is 4.74 Å². The van der Waals surface area contributed by atoms with Gasteiger partial charge in [0.05, 0.1) is 5.92 Å². The third-order valence-electron chi connectivity index (χ3n) is 4.16. The quantitative estimate of drug-likeness (QED) is 0.881. The number of Topliss-reactive ketones (excluding diaryl/α,β-unsaturated/α-hetero) is 1. The molecule has 2 aromatic carbocycles. The zero-order valence-electron chi connectivity index (χ0n) is 12.0. The van der Waals surface area contributed by atoms with Gasteiger partial charge in [0, 0.05) is 6.54 Å². The largest absolute Gasteiger partial charge is 0.356 e. The van der Waals surface area contributed by atoms with Crippen LogP contribution < -0.4 is 5.43 Å². The summed E-state index contributed by atoms with van der Waals surface area (Å²) in [6, 6.07) is 19.8. The number of rotatable bonds is 4. The van der Waals surface area contributed by atoms with Gasteiger partial charge in [-0.05, 0) is 11.1 Å². The molecule has 0 bridgehead atoms. The maximum atomic E-state index is 12.7. The van der Waals surface area contributed by atoms with Crippen LogP contribution in [0.15, 0.2) is 65.8 Å². The molecule has 4 rings (SSSR count). The van der Waals surface area contributed by atoms with Crippen molar-refractivity contribution in [2.75, 3.05) is 6.54 Å². The number of carbonyl (C=O) groups is 1. The number of benzene rings is 2. The van der Waals surface area contributed by atoms with Gasteiger partial charge in [-0.25, -0.2) is 0 Å². The minimum atomic E-state index is -0.396. The van der Waals surface area contributed by atoms with Gasteiger partial charge in [0.15, 0.2) is 6.10 Å². The number of nitrogens with one attached hydrogen (secondary N) is 1. The monoisotopic (exact) mass is 292 g/mol. The Bertz CT molecular complexity index is 712. The molecule has 1 fully saturated rings. The molecular weight excluding hydrogens is 276 g/mol. The first-order chi connectivity index (χ1) is 10.8. The van der Waals surface area contributed by atoms with Crippen LogP contribution in [0.25, 0.3) is 0 Å². The second-order valence-electron chi connectivity index (χ2n) is 5.57. The van der Waals surface area contributed by atoms with Crippen LogP contribution in [0.5, 0.6) is 0 Å². The molecule has 4 heteroatoms. The van der Waals surface area contributed by atoms with E-state index in [9.17, 15) is 4.79 Å². The first kappa shape index (κ1) is 13.2. The lowest BCUT2D eigenvalue weighted by molar-refractivity contribution is -0.114. The van der Waals surface area contributed by atoms with Crippen molar-refractivity contribution in [3.63, 3.8) is 0 Å². The van der Waals surface area contributed by atoms with Gasteiger partial charge in [0.1, 0.15) is 11.8 Å². The molecule has 0 aromatic heterocycles. The molecule has 0 unspecified atom stereocenters. The van der Waals surface area contributed by atoms with E-state index in [1.165, 1.54) is 0 Å². The highest BCUT2D eigenvalue weighted by molar-refractivity contribution is 6.44. The van der Waals surface area contributed by atoms with Crippen molar-refractivity contribution < 1.29 is 9.53 Å². The zero-order chi connectivity index (χ0) is 14.9. The van der Waals surface area contributed by atoms with Gasteiger partial charge in [-0.2, -0.15) is 5.10 Å². The molecule has 1 N–H and O–H groups in total. The summed E-state index contributed by atoms with van der Waals surface area (Å²) < 4.78 is 5.60. The molecule has 0 saturated carbocycles. The summed E-state index contributed by atoms with van der Waals surface area (Å²) in [5, 5.41) is 4.22. The van der Waals surface area contributed by atoms with Gasteiger partial charge in [-0.1, -0.05) is 60.7 Å². The average Bonchev–Trinajstić information content (AvgIpc) is 3.24. The molecule has 110 valence electrons. The minimum absolute atomic E-state index is 0.00675. The fraction of sp³-hybridized carbons (Fsp3) is 0.222. The number of carbonyl (C=O) groups excluding carboxylic acids is 1. The maximum absolute atomic E-state index is 12.7. The summed E-state index contributed by atoms with van der Waals surface area (Å²) in [5.41, 5.74) is 5.68. The van der Waals surface area contributed by atoms with Crippen molar-refractivity contribution in [1.82, 2.24) is 5.43 Å². The van der Waals surface area contributed by atoms with Crippen LogP contribution in [0.3, 0.4) is 0 Å². The summed E-state index contributed by atoms with van der Waals surface area (Å²) in [7, 11) is 0. The lowest BCUT2D eigenvalue weighted by atomic mass is 9.91. The van der Waals surface area contributed by atoms with E-state index >= 15 is 0 Å². The zero-order valence-corrected chi connectivity index (χ0v) is 12.0. The standard InChI is InChI=1S/C18H16N2O2/c21-16(18-17(22-18)13-9-5-2-6-10-13)15-14(11-19-20-15)12-7-3-1-4-8-12/h1-10,14,17-19H,11H2/t14-,17-,18+/m0/s1. The summed E-state index contributed by atoms with van der Waals surface area (Å²) in [5.74, 6) is 0.00188. The van der Waals surface area contributed by atoms with Gasteiger partial charge in [0.2, 0.25) is 5.78 Å². The summed E-state index contributed by atoms with van der Waals surface area (Å²) in [6.45, 7) is 0.661. The Kier molecular flexibility index (Phi) is 3.24. The van der Waals surface area contributed by atoms with Gasteiger partial charge in [-0.15, -0.1) is 0 Å². The molecule has 3 atom stereocenters. The Labute approximate surface area is 128 Å². The number of ether oxygens (including phenoxy) is 1. The van der Waals surface area contributed by atoms with Crippen molar-refractivity contribution >= 4 is 11.5 Å². The van der Waals surface area contributed by atoms with Crippen LogP contribution in [-0.2, 0) is 9.53 Å². The van der Waals surface area contributed by atoms with Crippen LogP contribution in [-0.4, -0.2) is 24.1 Å². The molecule has 1 saturated heterocycles. The second kappa shape index (κ2) is 5.39. The first-order valence-corrected chi connectivity index (χ1v) is 7.44. The van der Waals surface area contributed by atoms with Crippen molar-refractivity contribution in [2.24, 2.45) is 5.10 Å². The van der Waals surface area contributed by atoms with E-state index in [0.717, 1.165) is 11.1 Å². The van der Waals surface area contributed by atoms with Crippen molar-refractivity contribution in [1.29, 1.82) is 0 Å². The topological polar surface area (TPSA) is 54.0 Å². The van der Waals surface area contributed by atoms with Crippen molar-refractivity contribution in [2.45, 2.75) is 18.1 Å². The third-order valence-corrected chi connectivity index (χ3v) is 4.16. The third kappa shape index (κ3) is 2.31. The molecular formula is C18H16N2O2. The lowest BCUT2D eigenvalue weighted by Crippen LogP contribution is -2.25. The number of hydrazone groups is 1. The van der Waals surface area contributed by atoms with Crippen molar-refractivity contribution in [3.05, 3.63) is 71.8 Å². The average molecular weight is 292 g/mol. The Hall–Kier alpha value is -2.46. The van der Waals surface area contributed by atoms with Crippen LogP contribution >= 0.6 is 0 Å². The van der Waals surface area contributed by atoms with E-state index in [1.54, 1.807) is 0 Å². The van der Waals surface area contributed by atoms with Gasteiger partial charge >= 0.3 is 0 Å². The minimum Gasteiger partial charge on any atom is -0.356 e. The summed E-state index contributed by atoms with van der Waals surface area (Å²) >= 11 is 0. The molecule has 2 aromatic rings. The van der Waals surface area contributed by atoms with Crippen LogP contribution in [0, 0.1) is 0 Å². The van der Waals surface area contributed by atoms with Gasteiger partial charge in [0.25, 0.3) is 0 Å². The highest BCUT2D eigenvalue weighted by Gasteiger charge is 2.49. The van der Waals surface area contributed by atoms with E-state index in [2.05, 4.69) is 10.5 Å². The Morgan fingerprint density at radius 3 is 2.32 bits per heavy atom. The Morgan fingerprint density at radius 2 is 1.64 bits per heavy atom. The SMILES string of the molecule is O=C(C1=NNC[C@H]1c1ccccc1)[C@H]1O[C@H]1c1ccccc1. The van der Waals surface area contributed by atoms with E-state index in [-0.39, 0.29) is 17.8 Å². The fourth-order valence-electron chi connectivity index (χ4n) is 2.94. The van der Waals surface area contributed by atoms with Crippen LogP contribution in [0.1, 0.15) is 23.1 Å². The highest BCUT2D eigenvalue weighted by Crippen LogP contribution is 2.40. The van der Waals surface area contributed by atoms with E-state index < -0.39 is 6.10 Å². The summed E-state index contributed by atoms with van der Waals surface area (Å²) in [4.78, 5) is 12.7. The van der Waals surface area contributed by atoms with Gasteiger partial charge in [-0.3, -0.25) is 4.79 Å². The molecule has 2 aliphatic heterocycles. The smallest absolute Gasteiger partial charge is 0.211 e. The number of hydrogen-bond acceptors (Lipinski definition) is 4. The number of hydrogen-bond donors (Lipinski definition) is 1. The van der Waals surface area contributed by atoms with Crippen LogP contribution in [0.2, 0.25) is 0 Å². The highest BCUT2D eigenvalue weighted by atomic mass is 16.6. The predicted molar refractivity (Wildman–Crippen MR) is 83.7 cm³/mol. The second-order valence-corrected chi connectivity index (χ2v) is 5.57. The molecule has 0 radical (unpaired) electrons. The molecule has 0 aliphatic carbocycles. The Balaban J connectivity index is 1.52. The lowest BCUT2D eigenvalue weighted by Gasteiger charge is -2.10. The summed E-state index contributed by atoms with van der Waals surface area (Å²) in [6.07, 6.45) is -0.527. The van der Waals surface area contributed by atoms with Crippen molar-refractivity contribution in [3.8, 4) is 0 Å². The maximum Gasteiger partial charge on any atom is 0.211 e. The van der Waals surface area contributed by atoms with E-state index in [0.29, 0.717) is 12.3 Å². The molecule has 2 heterocycles. The number of ketones is 1. The normalized spacial score (nSPS) is 26.2. The fourth-order valence-corrected chi connectivity index (χ4v) is 2.94. The Morgan fingerprint density at radius 1 is 1.00 bits per heavy atom. The van der Waals surface area contributed by atoms with E-state index in [1.807, 2.05) is 60.7 Å². The first-order valence-electron chi connectivity index (χ1n) is 7.44. The molecule has 0 spiro atoms. The molecule has 4 nitrogen and oxygen atoms in total. The molecule has 22 heavy (non-hydrogen) atoms.